The highest BCUT2D eigenvalue weighted by molar-refractivity contribution is 7.67. The second-order valence-electron chi connectivity index (χ2n) is 12.4. The van der Waals surface area contributed by atoms with Gasteiger partial charge in [-0.05, 0) is 5.56 Å². The van der Waals surface area contributed by atoms with Gasteiger partial charge in [-0.2, -0.15) is 32.7 Å². The number of nitriles is 2. The first-order valence-electron chi connectivity index (χ1n) is 16.9. The van der Waals surface area contributed by atoms with Crippen LogP contribution in [0.2, 0.25) is 5.82 Å². The van der Waals surface area contributed by atoms with Gasteiger partial charge in [0, 0.05) is 15.3 Å². The van der Waals surface area contributed by atoms with E-state index in [2.05, 4.69) is 105 Å². The average molecular weight is 667 g/mol. The maximum Gasteiger partial charge on any atom is 0.481 e. The summed E-state index contributed by atoms with van der Waals surface area (Å²) in [6, 6.07) is 64.8. The molecule has 0 radical (unpaired) electrons. The first kappa shape index (κ1) is 35.4. The van der Waals surface area contributed by atoms with Gasteiger partial charge in [0.1, 0.15) is 17.7 Å². The van der Waals surface area contributed by atoms with Gasteiger partial charge in [0.2, 0.25) is 0 Å². The van der Waals surface area contributed by atoms with Crippen LogP contribution in [-0.2, 0) is 20.6 Å². The van der Waals surface area contributed by atoms with Crippen molar-refractivity contribution in [1.29, 1.82) is 10.5 Å². The molecule has 0 aliphatic rings. The van der Waals surface area contributed by atoms with Crippen molar-refractivity contribution in [2.45, 2.75) is 30.8 Å². The first-order chi connectivity index (χ1) is 24.6. The predicted molar refractivity (Wildman–Crippen MR) is 210 cm³/mol. The third kappa shape index (κ3) is 6.97. The van der Waals surface area contributed by atoms with Crippen LogP contribution in [0.4, 0.5) is 0 Å². The van der Waals surface area contributed by atoms with Crippen molar-refractivity contribution < 1.29 is 4.21 Å². The minimum Gasteiger partial charge on any atom is -0.200 e. The molecule has 0 bridgehead atoms. The lowest BCUT2D eigenvalue weighted by molar-refractivity contribution is 0.596. The summed E-state index contributed by atoms with van der Waals surface area (Å²) in [6.45, 7) is 4.70. The van der Waals surface area contributed by atoms with Crippen LogP contribution in [0.25, 0.3) is 5.57 Å². The smallest absolute Gasteiger partial charge is 0.200 e. The van der Waals surface area contributed by atoms with Crippen LogP contribution in [0.5, 0.6) is 0 Å². The van der Waals surface area contributed by atoms with E-state index in [1.165, 1.54) is 16.4 Å². The van der Waals surface area contributed by atoms with Crippen molar-refractivity contribution in [2.24, 2.45) is 0 Å². The molecule has 0 N–H and O–H groups in total. The molecule has 6 aromatic rings. The number of allylic oxidation sites excluding steroid dienone is 1. The van der Waals surface area contributed by atoms with E-state index in [1.54, 1.807) is 0 Å². The molecule has 0 saturated carbocycles. The SMILES string of the molecule is CCC(C)[B-](c1ccccc1)(c1ccccc1)c1ccccc1.N#CC(C#N)=C(c1ccccc1)C([S+]=O)(c1ccccc1)c1ccccc1. The molecule has 6 rings (SSSR count). The Balaban J connectivity index is 0.000000197. The summed E-state index contributed by atoms with van der Waals surface area (Å²) >= 11 is 0.375. The molecule has 0 fully saturated rings. The minimum absolute atomic E-state index is 0.0720. The molecule has 1 unspecified atom stereocenters. The lowest BCUT2D eigenvalue weighted by atomic mass is 9.10. The number of benzene rings is 6. The van der Waals surface area contributed by atoms with Gasteiger partial charge in [-0.25, -0.2) is 0 Å². The van der Waals surface area contributed by atoms with Gasteiger partial charge < -0.3 is 0 Å². The van der Waals surface area contributed by atoms with Crippen molar-refractivity contribution >= 4 is 39.8 Å². The number of hydrogen-bond acceptors (Lipinski definition) is 3. The van der Waals surface area contributed by atoms with Crippen LogP contribution < -0.4 is 16.4 Å². The maximum atomic E-state index is 12.8. The second kappa shape index (κ2) is 17.0. The van der Waals surface area contributed by atoms with E-state index in [0.717, 1.165) is 17.5 Å². The van der Waals surface area contributed by atoms with E-state index < -0.39 is 10.9 Å². The Hall–Kier alpha value is -5.88. The van der Waals surface area contributed by atoms with Gasteiger partial charge in [0.05, 0.1) is 11.7 Å². The number of hydrogen-bond donors (Lipinski definition) is 0. The van der Waals surface area contributed by atoms with Crippen molar-refractivity contribution in [3.63, 3.8) is 0 Å². The molecule has 6 aromatic carbocycles. The van der Waals surface area contributed by atoms with Crippen LogP contribution in [0.3, 0.4) is 0 Å². The molecule has 0 aliphatic carbocycles. The van der Waals surface area contributed by atoms with E-state index in [1.807, 2.05) is 103 Å². The van der Waals surface area contributed by atoms with Crippen LogP contribution in [-0.4, -0.2) is 6.15 Å². The van der Waals surface area contributed by atoms with Gasteiger partial charge in [-0.15, -0.1) is 0 Å². The minimum atomic E-state index is -1.23. The summed E-state index contributed by atoms with van der Waals surface area (Å²) in [7, 11) is 0. The van der Waals surface area contributed by atoms with Gasteiger partial charge in [-0.1, -0.05) is 202 Å². The van der Waals surface area contributed by atoms with Crippen LogP contribution >= 0.6 is 0 Å². The summed E-state index contributed by atoms with van der Waals surface area (Å²) in [5, 5.41) is 19.3. The highest BCUT2D eigenvalue weighted by Gasteiger charge is 2.54. The fourth-order valence-corrected chi connectivity index (χ4v) is 8.16. The first-order valence-corrected chi connectivity index (χ1v) is 17.7. The predicted octanol–water partition coefficient (Wildman–Crippen LogP) is 8.82. The summed E-state index contributed by atoms with van der Waals surface area (Å²) in [5.74, 6) is 0.558. The highest BCUT2D eigenvalue weighted by Crippen LogP contribution is 2.45. The molecule has 244 valence electrons. The van der Waals surface area contributed by atoms with E-state index in [-0.39, 0.29) is 5.57 Å². The third-order valence-electron chi connectivity index (χ3n) is 9.85. The monoisotopic (exact) mass is 666 g/mol. The quantitative estimate of drug-likeness (QED) is 0.0834. The van der Waals surface area contributed by atoms with E-state index in [0.29, 0.717) is 28.6 Å². The zero-order valence-corrected chi connectivity index (χ0v) is 29.2. The Labute approximate surface area is 300 Å². The Morgan fingerprint density at radius 3 is 1.20 bits per heavy atom. The molecule has 5 heteroatoms. The van der Waals surface area contributed by atoms with Gasteiger partial charge in [0.25, 0.3) is 0 Å². The molecule has 50 heavy (non-hydrogen) atoms. The standard InChI is InChI=1S/C23H15N2OS.C22H24B/c24-16-19(17-25)22(18-10-4-1-5-11-18)23(27-26,20-12-6-2-7-13-20)21-14-8-3-9-15-21;1-3-19(2)23(20-13-7-4-8-14-20,21-15-9-5-10-16-21)22-17-11-6-12-18-22/h1-15H;4-19H,3H2,1-2H3/q+1;-1. The fourth-order valence-electron chi connectivity index (χ4n) is 7.39. The van der Waals surface area contributed by atoms with Crippen LogP contribution in [0, 0.1) is 22.7 Å². The average Bonchev–Trinajstić information content (AvgIpc) is 3.21. The lowest BCUT2D eigenvalue weighted by Gasteiger charge is -2.48. The molecule has 0 heterocycles. The Morgan fingerprint density at radius 2 is 0.900 bits per heavy atom. The van der Waals surface area contributed by atoms with E-state index in [4.69, 9.17) is 0 Å². The van der Waals surface area contributed by atoms with Gasteiger partial charge >= 0.3 is 16.4 Å². The van der Waals surface area contributed by atoms with Gasteiger partial charge in [0.15, 0.2) is 0 Å². The molecule has 0 spiro atoms. The molecule has 0 saturated heterocycles. The Bertz CT molecular complexity index is 1920. The fraction of sp³-hybridized carbons (Fsp3) is 0.111. The maximum absolute atomic E-state index is 12.8. The van der Waals surface area contributed by atoms with Gasteiger partial charge in [-0.3, -0.25) is 0 Å². The summed E-state index contributed by atoms with van der Waals surface area (Å²) in [5.41, 5.74) is 6.74. The molecule has 3 nitrogen and oxygen atoms in total. The summed E-state index contributed by atoms with van der Waals surface area (Å²) in [6.07, 6.45) is 0.177. The zero-order chi connectivity index (χ0) is 35.2. The summed E-state index contributed by atoms with van der Waals surface area (Å²) in [4.78, 5) is 0. The van der Waals surface area contributed by atoms with Crippen molar-refractivity contribution in [2.75, 3.05) is 0 Å². The second-order valence-corrected chi connectivity index (χ2v) is 13.2. The molecule has 0 amide bonds. The normalized spacial score (nSPS) is 11.4. The van der Waals surface area contributed by atoms with Crippen molar-refractivity contribution in [3.8, 4) is 12.1 Å². The van der Waals surface area contributed by atoms with E-state index in [9.17, 15) is 14.7 Å². The van der Waals surface area contributed by atoms with Crippen molar-refractivity contribution in [1.82, 2.24) is 0 Å². The molecule has 0 aliphatic heterocycles. The third-order valence-corrected chi connectivity index (χ3v) is 10.8. The largest absolute Gasteiger partial charge is 0.481 e. The number of rotatable bonds is 10. The van der Waals surface area contributed by atoms with Crippen molar-refractivity contribution in [3.05, 3.63) is 204 Å². The molecule has 1 atom stereocenters. The topological polar surface area (TPSA) is 64.7 Å². The molecule has 0 aromatic heterocycles. The highest BCUT2D eigenvalue weighted by atomic mass is 32.1. The van der Waals surface area contributed by atoms with E-state index >= 15 is 0 Å². The zero-order valence-electron chi connectivity index (χ0n) is 28.4. The lowest BCUT2D eigenvalue weighted by Crippen LogP contribution is -2.69. The number of nitrogens with zero attached hydrogens (tertiary/aromatic N) is 2. The summed E-state index contributed by atoms with van der Waals surface area (Å²) < 4.78 is 11.5. The molecular formula is C45H39BN2OS. The van der Waals surface area contributed by atoms with Crippen LogP contribution in [0.15, 0.2) is 188 Å². The Morgan fingerprint density at radius 1 is 0.580 bits per heavy atom. The molecular weight excluding hydrogens is 627 g/mol. The Kier molecular flexibility index (Phi) is 12.0. The van der Waals surface area contributed by atoms with Crippen LogP contribution in [0.1, 0.15) is 37.0 Å².